The maximum atomic E-state index is 13.1. The number of piperidine rings is 1. The van der Waals surface area contributed by atoms with E-state index in [-0.39, 0.29) is 30.5 Å². The maximum Gasteiger partial charge on any atom is 0.393 e. The van der Waals surface area contributed by atoms with Gasteiger partial charge in [0.2, 0.25) is 0 Å². The number of aryl methyl sites for hydroxylation is 1. The van der Waals surface area contributed by atoms with E-state index >= 15 is 0 Å². The zero-order valence-corrected chi connectivity index (χ0v) is 17.6. The van der Waals surface area contributed by atoms with Crippen molar-refractivity contribution >= 4 is 5.91 Å². The van der Waals surface area contributed by atoms with E-state index < -0.39 is 12.1 Å². The highest BCUT2D eigenvalue weighted by Crippen LogP contribution is 2.33. The molecule has 2 aromatic heterocycles. The summed E-state index contributed by atoms with van der Waals surface area (Å²) in [6, 6.07) is 3.01. The molecule has 0 N–H and O–H groups in total. The van der Waals surface area contributed by atoms with Crippen LogP contribution in [0.3, 0.4) is 0 Å². The molecular weight excluding hydrogens is 411 g/mol. The first-order valence-corrected chi connectivity index (χ1v) is 10.5. The smallest absolute Gasteiger partial charge is 0.332 e. The molecule has 1 amide bonds. The number of aromatic nitrogens is 3. The molecule has 7 nitrogen and oxygen atoms in total. The average Bonchev–Trinajstić information content (AvgIpc) is 3.14. The van der Waals surface area contributed by atoms with Crippen LogP contribution in [-0.4, -0.2) is 68.2 Å². The molecule has 1 saturated heterocycles. The van der Waals surface area contributed by atoms with Crippen molar-refractivity contribution in [2.45, 2.75) is 45.5 Å². The zero-order chi connectivity index (χ0) is 22.3. The van der Waals surface area contributed by atoms with Crippen LogP contribution in [0.15, 0.2) is 29.5 Å². The molecule has 0 bridgehead atoms. The molecule has 0 radical (unpaired) electrons. The number of alkyl halides is 3. The quantitative estimate of drug-likeness (QED) is 0.737. The van der Waals surface area contributed by atoms with Crippen LogP contribution in [-0.2, 0) is 6.54 Å². The molecule has 31 heavy (non-hydrogen) atoms. The van der Waals surface area contributed by atoms with E-state index in [9.17, 15) is 22.8 Å². The van der Waals surface area contributed by atoms with Gasteiger partial charge in [-0.3, -0.25) is 9.59 Å². The molecule has 1 unspecified atom stereocenters. The lowest BCUT2D eigenvalue weighted by Gasteiger charge is -2.38. The number of amides is 1. The van der Waals surface area contributed by atoms with Crippen molar-refractivity contribution < 1.29 is 18.0 Å². The summed E-state index contributed by atoms with van der Waals surface area (Å²) >= 11 is 0. The zero-order valence-electron chi connectivity index (χ0n) is 17.6. The number of hydrogen-bond donors (Lipinski definition) is 0. The molecule has 4 rings (SSSR count). The summed E-state index contributed by atoms with van der Waals surface area (Å²) in [7, 11) is 0. The van der Waals surface area contributed by atoms with E-state index in [0.29, 0.717) is 44.0 Å². The number of rotatable bonds is 4. The molecule has 10 heteroatoms. The first-order valence-electron chi connectivity index (χ1n) is 10.5. The fraction of sp³-hybridized carbons (Fsp3) is 0.571. The summed E-state index contributed by atoms with van der Waals surface area (Å²) in [5, 5.41) is 0. The maximum absolute atomic E-state index is 13.1. The lowest BCUT2D eigenvalue weighted by atomic mass is 9.97. The van der Waals surface area contributed by atoms with Crippen LogP contribution in [0.5, 0.6) is 0 Å². The Morgan fingerprint density at radius 2 is 1.94 bits per heavy atom. The SMILES string of the molecule is Cc1cn(-c2ccc3n(c2=O)C[C@@H](C)N(CCN2CCCC(C(F)(F)F)C2)C3=O)cn1. The number of pyridine rings is 1. The first-order chi connectivity index (χ1) is 14.6. The van der Waals surface area contributed by atoms with E-state index in [0.717, 1.165) is 5.69 Å². The Kier molecular flexibility index (Phi) is 5.67. The van der Waals surface area contributed by atoms with Gasteiger partial charge in [0, 0.05) is 38.4 Å². The van der Waals surface area contributed by atoms with Crippen molar-refractivity contribution in [3.63, 3.8) is 0 Å². The molecule has 1 fully saturated rings. The highest BCUT2D eigenvalue weighted by molar-refractivity contribution is 5.93. The molecule has 2 atom stereocenters. The minimum absolute atomic E-state index is 0.0242. The highest BCUT2D eigenvalue weighted by atomic mass is 19.4. The fourth-order valence-electron chi connectivity index (χ4n) is 4.49. The number of hydrogen-bond acceptors (Lipinski definition) is 4. The molecule has 2 aliphatic rings. The summed E-state index contributed by atoms with van der Waals surface area (Å²) in [6.07, 6.45) is -0.210. The van der Waals surface area contributed by atoms with Crippen LogP contribution < -0.4 is 5.56 Å². The minimum Gasteiger partial charge on any atom is -0.332 e. The second-order valence-corrected chi connectivity index (χ2v) is 8.47. The normalized spacial score (nSPS) is 22.6. The molecule has 0 spiro atoms. The Bertz CT molecular complexity index is 1030. The molecule has 0 saturated carbocycles. The molecular formula is C21H26F3N5O2. The van der Waals surface area contributed by atoms with E-state index in [2.05, 4.69) is 4.98 Å². The first kappa shape index (κ1) is 21.6. The van der Waals surface area contributed by atoms with Gasteiger partial charge in [0.15, 0.2) is 0 Å². The predicted octanol–water partition coefficient (Wildman–Crippen LogP) is 2.46. The second kappa shape index (κ2) is 8.14. The van der Waals surface area contributed by atoms with E-state index in [1.54, 1.807) is 39.0 Å². The number of carbonyl (C=O) groups is 1. The topological polar surface area (TPSA) is 63.4 Å². The number of carbonyl (C=O) groups excluding carboxylic acids is 1. The molecule has 168 valence electrons. The summed E-state index contributed by atoms with van der Waals surface area (Å²) in [6.45, 7) is 5.33. The van der Waals surface area contributed by atoms with Gasteiger partial charge in [-0.15, -0.1) is 0 Å². The molecule has 4 heterocycles. The number of nitrogens with zero attached hydrogens (tertiary/aromatic N) is 5. The Morgan fingerprint density at radius 1 is 1.16 bits per heavy atom. The molecule has 0 aromatic carbocycles. The van der Waals surface area contributed by atoms with Crippen LogP contribution in [0.2, 0.25) is 0 Å². The fourth-order valence-corrected chi connectivity index (χ4v) is 4.49. The van der Waals surface area contributed by atoms with E-state index in [1.807, 2.05) is 13.8 Å². The van der Waals surface area contributed by atoms with Gasteiger partial charge in [0.1, 0.15) is 11.4 Å². The van der Waals surface area contributed by atoms with E-state index in [1.165, 1.54) is 4.57 Å². The van der Waals surface area contributed by atoms with Gasteiger partial charge in [0.05, 0.1) is 17.9 Å². The van der Waals surface area contributed by atoms with Crippen molar-refractivity contribution in [2.24, 2.45) is 5.92 Å². The monoisotopic (exact) mass is 437 g/mol. The Labute approximate surface area is 178 Å². The van der Waals surface area contributed by atoms with Gasteiger partial charge in [-0.1, -0.05) is 0 Å². The van der Waals surface area contributed by atoms with Crippen molar-refractivity contribution in [2.75, 3.05) is 26.2 Å². The molecule has 0 aliphatic carbocycles. The lowest BCUT2D eigenvalue weighted by Crippen LogP contribution is -2.53. The van der Waals surface area contributed by atoms with Gasteiger partial charge in [-0.05, 0) is 45.4 Å². The van der Waals surface area contributed by atoms with Crippen LogP contribution in [0, 0.1) is 12.8 Å². The van der Waals surface area contributed by atoms with E-state index in [4.69, 9.17) is 0 Å². The van der Waals surface area contributed by atoms with Crippen molar-refractivity contribution in [3.8, 4) is 5.69 Å². The average molecular weight is 437 g/mol. The van der Waals surface area contributed by atoms with Gasteiger partial charge < -0.3 is 18.9 Å². The van der Waals surface area contributed by atoms with Crippen LogP contribution in [0.1, 0.15) is 35.9 Å². The van der Waals surface area contributed by atoms with Gasteiger partial charge >= 0.3 is 6.18 Å². The number of fused-ring (bicyclic) bond motifs is 1. The third kappa shape index (κ3) is 4.26. The Balaban J connectivity index is 1.49. The van der Waals surface area contributed by atoms with Gasteiger partial charge in [-0.2, -0.15) is 13.2 Å². The highest BCUT2D eigenvalue weighted by Gasteiger charge is 2.42. The lowest BCUT2D eigenvalue weighted by molar-refractivity contribution is -0.186. The number of imidazole rings is 1. The Morgan fingerprint density at radius 3 is 2.61 bits per heavy atom. The summed E-state index contributed by atoms with van der Waals surface area (Å²) in [5.74, 6) is -1.58. The van der Waals surface area contributed by atoms with Gasteiger partial charge in [-0.25, -0.2) is 4.98 Å². The number of halogens is 3. The van der Waals surface area contributed by atoms with Crippen molar-refractivity contribution in [1.82, 2.24) is 23.9 Å². The molecule has 2 aromatic rings. The Hall–Kier alpha value is -2.62. The predicted molar refractivity (Wildman–Crippen MR) is 108 cm³/mol. The third-order valence-electron chi connectivity index (χ3n) is 6.23. The largest absolute Gasteiger partial charge is 0.393 e. The molecule has 2 aliphatic heterocycles. The second-order valence-electron chi connectivity index (χ2n) is 8.47. The van der Waals surface area contributed by atoms with Crippen LogP contribution in [0.25, 0.3) is 5.69 Å². The van der Waals surface area contributed by atoms with Crippen LogP contribution >= 0.6 is 0 Å². The number of likely N-dealkylation sites (tertiary alicyclic amines) is 1. The van der Waals surface area contributed by atoms with Crippen molar-refractivity contribution in [3.05, 3.63) is 46.4 Å². The van der Waals surface area contributed by atoms with Gasteiger partial charge in [0.25, 0.3) is 11.5 Å². The summed E-state index contributed by atoms with van der Waals surface area (Å²) < 4.78 is 42.3. The summed E-state index contributed by atoms with van der Waals surface area (Å²) in [4.78, 5) is 33.6. The summed E-state index contributed by atoms with van der Waals surface area (Å²) in [5.41, 5.74) is 1.24. The standard InChI is InChI=1S/C21H26F3N5O2/c1-14-10-27(13-25-14)17-5-6-18-20(31)28(15(2)11-29(18)19(17)30)9-8-26-7-3-4-16(12-26)21(22,23)24/h5-6,10,13,15-16H,3-4,7-9,11-12H2,1-2H3/t15-,16?/m1/s1. The third-order valence-corrected chi connectivity index (χ3v) is 6.23. The van der Waals surface area contributed by atoms with Crippen molar-refractivity contribution in [1.29, 1.82) is 0 Å². The minimum atomic E-state index is -4.18. The van der Waals surface area contributed by atoms with Crippen LogP contribution in [0.4, 0.5) is 13.2 Å².